The summed E-state index contributed by atoms with van der Waals surface area (Å²) >= 11 is 0. The summed E-state index contributed by atoms with van der Waals surface area (Å²) in [6.45, 7) is 6.08. The molecule has 0 atom stereocenters. The highest BCUT2D eigenvalue weighted by atomic mass is 28.3. The SMILES string of the molecule is COc1cc(O)c(C(=O)CC(=O)C2(C(=O)C#C[Si](C)(C)C)CCCC2)cc1OC. The first-order chi connectivity index (χ1) is 13.5. The van der Waals surface area contributed by atoms with Crippen LogP contribution in [0.1, 0.15) is 42.5 Å². The summed E-state index contributed by atoms with van der Waals surface area (Å²) in [5, 5.41) is 10.2. The molecule has 1 aliphatic carbocycles. The van der Waals surface area contributed by atoms with Crippen molar-refractivity contribution in [2.75, 3.05) is 14.2 Å². The van der Waals surface area contributed by atoms with Gasteiger partial charge in [0.2, 0.25) is 5.78 Å². The number of hydrogen-bond donors (Lipinski definition) is 1. The van der Waals surface area contributed by atoms with Crippen molar-refractivity contribution in [3.63, 3.8) is 0 Å². The minimum Gasteiger partial charge on any atom is -0.507 e. The van der Waals surface area contributed by atoms with E-state index in [0.717, 1.165) is 12.8 Å². The standard InChI is InChI=1S/C22H28O6Si/c1-27-18-12-15(16(23)13-19(18)28-2)17(24)14-21(26)22(9-6-7-10-22)20(25)8-11-29(3,4)5/h12-13,23H,6-7,9-10,14H2,1-5H3. The number of ether oxygens (including phenoxy) is 2. The fraction of sp³-hybridized carbons (Fsp3) is 0.500. The molecule has 1 saturated carbocycles. The van der Waals surface area contributed by atoms with Crippen LogP contribution in [-0.2, 0) is 9.59 Å². The third-order valence-electron chi connectivity index (χ3n) is 5.10. The maximum absolute atomic E-state index is 13.1. The third kappa shape index (κ3) is 5.07. The summed E-state index contributed by atoms with van der Waals surface area (Å²) in [6.07, 6.45) is 1.86. The van der Waals surface area contributed by atoms with Gasteiger partial charge < -0.3 is 14.6 Å². The summed E-state index contributed by atoms with van der Waals surface area (Å²) in [5.41, 5.74) is 1.78. The van der Waals surface area contributed by atoms with Crippen LogP contribution in [-0.4, -0.2) is 44.7 Å². The van der Waals surface area contributed by atoms with Crippen LogP contribution in [0.2, 0.25) is 19.6 Å². The summed E-state index contributed by atoms with van der Waals surface area (Å²) in [7, 11) is 1.06. The van der Waals surface area contributed by atoms with Crippen molar-refractivity contribution >= 4 is 25.4 Å². The van der Waals surface area contributed by atoms with Gasteiger partial charge in [-0.1, -0.05) is 32.5 Å². The number of rotatable bonds is 7. The van der Waals surface area contributed by atoms with Gasteiger partial charge in [-0.2, -0.15) is 0 Å². The fourth-order valence-electron chi connectivity index (χ4n) is 3.48. The molecule has 0 bridgehead atoms. The summed E-state index contributed by atoms with van der Waals surface area (Å²) in [4.78, 5) is 38.7. The normalized spacial score (nSPS) is 15.2. The van der Waals surface area contributed by atoms with E-state index in [1.165, 1.54) is 26.4 Å². The molecule has 1 aromatic rings. The van der Waals surface area contributed by atoms with Gasteiger partial charge in [0.25, 0.3) is 0 Å². The maximum Gasteiger partial charge on any atom is 0.218 e. The van der Waals surface area contributed by atoms with Crippen LogP contribution >= 0.6 is 0 Å². The Bertz CT molecular complexity index is 879. The molecular weight excluding hydrogens is 388 g/mol. The van der Waals surface area contributed by atoms with Gasteiger partial charge in [-0.15, -0.1) is 5.54 Å². The molecule has 1 aliphatic rings. The summed E-state index contributed by atoms with van der Waals surface area (Å²) in [5.74, 6) is 1.57. The van der Waals surface area contributed by atoms with Crippen molar-refractivity contribution in [1.29, 1.82) is 0 Å². The third-order valence-corrected chi connectivity index (χ3v) is 5.97. The summed E-state index contributed by atoms with van der Waals surface area (Å²) in [6, 6.07) is 2.62. The van der Waals surface area contributed by atoms with Gasteiger partial charge in [-0.05, 0) is 24.8 Å². The Kier molecular flexibility index (Phi) is 6.91. The smallest absolute Gasteiger partial charge is 0.218 e. The van der Waals surface area contributed by atoms with Crippen LogP contribution in [0.4, 0.5) is 0 Å². The average molecular weight is 417 g/mol. The number of hydrogen-bond acceptors (Lipinski definition) is 6. The number of Topliss-reactive ketones (excluding diaryl/α,β-unsaturated/α-hetero) is 3. The zero-order chi connectivity index (χ0) is 21.8. The minimum absolute atomic E-state index is 0.0372. The highest BCUT2D eigenvalue weighted by Gasteiger charge is 2.47. The zero-order valence-electron chi connectivity index (χ0n) is 17.7. The van der Waals surface area contributed by atoms with Crippen LogP contribution in [0.5, 0.6) is 17.2 Å². The average Bonchev–Trinajstić information content (AvgIpc) is 3.16. The van der Waals surface area contributed by atoms with Gasteiger partial charge >= 0.3 is 0 Å². The predicted molar refractivity (Wildman–Crippen MR) is 112 cm³/mol. The molecule has 0 radical (unpaired) electrons. The maximum atomic E-state index is 13.1. The minimum atomic E-state index is -1.77. The highest BCUT2D eigenvalue weighted by molar-refractivity contribution is 6.84. The van der Waals surface area contributed by atoms with Crippen molar-refractivity contribution < 1.29 is 29.0 Å². The number of benzene rings is 1. The second-order valence-corrected chi connectivity index (χ2v) is 13.1. The van der Waals surface area contributed by atoms with Crippen molar-refractivity contribution in [1.82, 2.24) is 0 Å². The molecule has 6 nitrogen and oxygen atoms in total. The first-order valence-corrected chi connectivity index (χ1v) is 13.1. The lowest BCUT2D eigenvalue weighted by molar-refractivity contribution is -0.136. The molecule has 156 valence electrons. The van der Waals surface area contributed by atoms with E-state index in [-0.39, 0.29) is 28.6 Å². The number of aromatic hydroxyl groups is 1. The molecule has 0 saturated heterocycles. The number of methoxy groups -OCH3 is 2. The lowest BCUT2D eigenvalue weighted by atomic mass is 9.75. The molecule has 0 spiro atoms. The van der Waals surface area contributed by atoms with E-state index in [2.05, 4.69) is 11.5 Å². The lowest BCUT2D eigenvalue weighted by Crippen LogP contribution is -2.37. The number of ketones is 3. The second kappa shape index (κ2) is 8.83. The Balaban J connectivity index is 2.30. The van der Waals surface area contributed by atoms with Crippen LogP contribution in [0.3, 0.4) is 0 Å². The van der Waals surface area contributed by atoms with Crippen LogP contribution in [0.15, 0.2) is 12.1 Å². The van der Waals surface area contributed by atoms with Crippen LogP contribution < -0.4 is 9.47 Å². The van der Waals surface area contributed by atoms with E-state index in [9.17, 15) is 19.5 Å². The van der Waals surface area contributed by atoms with E-state index in [0.29, 0.717) is 12.8 Å². The quantitative estimate of drug-likeness (QED) is 0.316. The topological polar surface area (TPSA) is 89.9 Å². The molecule has 7 heteroatoms. The number of carbonyl (C=O) groups excluding carboxylic acids is 3. The van der Waals surface area contributed by atoms with Crippen LogP contribution in [0, 0.1) is 16.9 Å². The number of phenolic OH excluding ortho intramolecular Hbond substituents is 1. The van der Waals surface area contributed by atoms with Crippen molar-refractivity contribution in [3.8, 4) is 28.7 Å². The van der Waals surface area contributed by atoms with Gasteiger partial charge in [0.1, 0.15) is 19.2 Å². The van der Waals surface area contributed by atoms with Gasteiger partial charge in [0, 0.05) is 6.07 Å². The first kappa shape index (κ1) is 22.7. The Morgan fingerprint density at radius 3 is 2.14 bits per heavy atom. The Labute approximate surface area is 172 Å². The molecule has 29 heavy (non-hydrogen) atoms. The van der Waals surface area contributed by atoms with Gasteiger partial charge in [-0.3, -0.25) is 14.4 Å². The van der Waals surface area contributed by atoms with E-state index in [1.807, 2.05) is 19.6 Å². The van der Waals surface area contributed by atoms with E-state index >= 15 is 0 Å². The van der Waals surface area contributed by atoms with E-state index in [1.54, 1.807) is 0 Å². The van der Waals surface area contributed by atoms with Gasteiger partial charge in [0.15, 0.2) is 23.1 Å². The molecule has 1 aromatic carbocycles. The monoisotopic (exact) mass is 416 g/mol. The molecular formula is C22H28O6Si. The molecule has 0 amide bonds. The predicted octanol–water partition coefficient (Wildman–Crippen LogP) is 3.56. The highest BCUT2D eigenvalue weighted by Crippen LogP contribution is 2.41. The molecule has 0 aliphatic heterocycles. The Morgan fingerprint density at radius 2 is 1.62 bits per heavy atom. The molecule has 1 fully saturated rings. The first-order valence-electron chi connectivity index (χ1n) is 9.63. The number of carbonyl (C=O) groups is 3. The fourth-order valence-corrected chi connectivity index (χ4v) is 3.97. The van der Waals surface area contributed by atoms with Gasteiger partial charge in [0.05, 0.1) is 26.2 Å². The molecule has 0 heterocycles. The Hall–Kier alpha value is -2.59. The number of phenols is 1. The summed E-state index contributed by atoms with van der Waals surface area (Å²) < 4.78 is 10.3. The Morgan fingerprint density at radius 1 is 1.07 bits per heavy atom. The van der Waals surface area contributed by atoms with Crippen molar-refractivity contribution in [3.05, 3.63) is 17.7 Å². The molecule has 0 aromatic heterocycles. The molecule has 0 unspecified atom stereocenters. The van der Waals surface area contributed by atoms with Gasteiger partial charge in [-0.25, -0.2) is 0 Å². The zero-order valence-corrected chi connectivity index (χ0v) is 18.7. The second-order valence-electron chi connectivity index (χ2n) is 8.37. The molecule has 2 rings (SSSR count). The van der Waals surface area contributed by atoms with Crippen molar-refractivity contribution in [2.24, 2.45) is 5.41 Å². The largest absolute Gasteiger partial charge is 0.507 e. The lowest BCUT2D eigenvalue weighted by Gasteiger charge is -2.23. The van der Waals surface area contributed by atoms with E-state index in [4.69, 9.17) is 9.47 Å². The van der Waals surface area contributed by atoms with Crippen LogP contribution in [0.25, 0.3) is 0 Å². The van der Waals surface area contributed by atoms with Crippen molar-refractivity contribution in [2.45, 2.75) is 51.7 Å². The van der Waals surface area contributed by atoms with E-state index < -0.39 is 31.5 Å². The molecule has 1 N–H and O–H groups in total.